The number of anilines is 1. The molecule has 14 heavy (non-hydrogen) atoms. The minimum Gasteiger partial charge on any atom is -0.358 e. The highest BCUT2D eigenvalue weighted by atomic mass is 32.2. The molecular weight excluding hydrogens is 194 g/mol. The lowest BCUT2D eigenvalue weighted by Gasteiger charge is -2.05. The highest BCUT2D eigenvalue weighted by Gasteiger charge is 2.11. The van der Waals surface area contributed by atoms with E-state index in [0.717, 1.165) is 17.1 Å². The normalized spacial score (nSPS) is 15.5. The Kier molecular flexibility index (Phi) is 2.59. The van der Waals surface area contributed by atoms with Crippen LogP contribution >= 0.6 is 11.8 Å². The summed E-state index contributed by atoms with van der Waals surface area (Å²) in [6.07, 6.45) is 1.66. The summed E-state index contributed by atoms with van der Waals surface area (Å²) in [5, 5.41) is 3.36. The third-order valence-corrected chi connectivity index (χ3v) is 2.88. The lowest BCUT2D eigenvalue weighted by atomic mass is 10.2. The van der Waals surface area contributed by atoms with Gasteiger partial charge in [0.25, 0.3) is 0 Å². The zero-order valence-electron chi connectivity index (χ0n) is 7.91. The maximum atomic E-state index is 10.9. The van der Waals surface area contributed by atoms with Crippen LogP contribution in [0.1, 0.15) is 5.56 Å². The van der Waals surface area contributed by atoms with Crippen LogP contribution < -0.4 is 5.32 Å². The second-order valence-electron chi connectivity index (χ2n) is 3.27. The Balaban J connectivity index is 2.08. The number of rotatable bonds is 2. The SMILES string of the molecule is Cc1ccc(NC2=CC(=O)SC2)cc1. The zero-order valence-corrected chi connectivity index (χ0v) is 8.73. The largest absolute Gasteiger partial charge is 0.358 e. The van der Waals surface area contributed by atoms with E-state index < -0.39 is 0 Å². The summed E-state index contributed by atoms with van der Waals surface area (Å²) < 4.78 is 0. The molecule has 0 atom stereocenters. The van der Waals surface area contributed by atoms with Gasteiger partial charge in [-0.2, -0.15) is 0 Å². The fourth-order valence-corrected chi connectivity index (χ4v) is 1.95. The van der Waals surface area contributed by atoms with E-state index in [4.69, 9.17) is 0 Å². The molecule has 0 saturated heterocycles. The van der Waals surface area contributed by atoms with Crippen molar-refractivity contribution in [2.45, 2.75) is 6.92 Å². The maximum absolute atomic E-state index is 10.9. The quantitative estimate of drug-likeness (QED) is 0.804. The first kappa shape index (κ1) is 9.34. The molecule has 0 saturated carbocycles. The average molecular weight is 205 g/mol. The van der Waals surface area contributed by atoms with Crippen LogP contribution in [-0.2, 0) is 4.79 Å². The van der Waals surface area contributed by atoms with Crippen LogP contribution in [0.4, 0.5) is 5.69 Å². The Labute approximate surface area is 87.4 Å². The Morgan fingerprint density at radius 3 is 2.57 bits per heavy atom. The minimum absolute atomic E-state index is 0.139. The predicted molar refractivity (Wildman–Crippen MR) is 60.3 cm³/mol. The van der Waals surface area contributed by atoms with Crippen molar-refractivity contribution in [3.05, 3.63) is 41.6 Å². The summed E-state index contributed by atoms with van der Waals surface area (Å²) in [6, 6.07) is 8.13. The van der Waals surface area contributed by atoms with Crippen LogP contribution in [0.25, 0.3) is 0 Å². The van der Waals surface area contributed by atoms with E-state index in [2.05, 4.69) is 12.2 Å². The van der Waals surface area contributed by atoms with Crippen molar-refractivity contribution in [3.63, 3.8) is 0 Å². The number of carbonyl (C=O) groups is 1. The molecule has 2 nitrogen and oxygen atoms in total. The molecule has 1 aromatic carbocycles. The fraction of sp³-hybridized carbons (Fsp3) is 0.182. The van der Waals surface area contributed by atoms with Crippen LogP contribution in [0.15, 0.2) is 36.0 Å². The van der Waals surface area contributed by atoms with E-state index >= 15 is 0 Å². The molecular formula is C11H11NOS. The van der Waals surface area contributed by atoms with Crippen LogP contribution in [0, 0.1) is 6.92 Å². The van der Waals surface area contributed by atoms with Crippen molar-refractivity contribution in [2.24, 2.45) is 0 Å². The fourth-order valence-electron chi connectivity index (χ4n) is 1.27. The maximum Gasteiger partial charge on any atom is 0.214 e. The van der Waals surface area contributed by atoms with Crippen molar-refractivity contribution in [1.82, 2.24) is 0 Å². The molecule has 1 heterocycles. The Hall–Kier alpha value is -1.22. The van der Waals surface area contributed by atoms with Gasteiger partial charge in [-0.3, -0.25) is 4.79 Å². The van der Waals surface area contributed by atoms with E-state index in [1.807, 2.05) is 24.3 Å². The van der Waals surface area contributed by atoms with Crippen LogP contribution in [-0.4, -0.2) is 10.9 Å². The highest BCUT2D eigenvalue weighted by molar-refractivity contribution is 8.14. The average Bonchev–Trinajstić information content (AvgIpc) is 2.56. The molecule has 0 bridgehead atoms. The van der Waals surface area contributed by atoms with Gasteiger partial charge in [0.1, 0.15) is 0 Å². The Morgan fingerprint density at radius 1 is 1.29 bits per heavy atom. The van der Waals surface area contributed by atoms with Crippen molar-refractivity contribution in [2.75, 3.05) is 11.1 Å². The van der Waals surface area contributed by atoms with Gasteiger partial charge < -0.3 is 5.32 Å². The lowest BCUT2D eigenvalue weighted by molar-refractivity contribution is -0.106. The summed E-state index contributed by atoms with van der Waals surface area (Å²) >= 11 is 1.33. The molecule has 0 amide bonds. The smallest absolute Gasteiger partial charge is 0.214 e. The first-order valence-electron chi connectivity index (χ1n) is 4.45. The first-order valence-corrected chi connectivity index (χ1v) is 5.43. The summed E-state index contributed by atoms with van der Waals surface area (Å²) in [4.78, 5) is 10.9. The third kappa shape index (κ3) is 2.17. The van der Waals surface area contributed by atoms with E-state index in [1.54, 1.807) is 6.08 Å². The minimum atomic E-state index is 0.139. The monoisotopic (exact) mass is 205 g/mol. The summed E-state index contributed by atoms with van der Waals surface area (Å²) in [7, 11) is 0. The molecule has 1 aliphatic rings. The number of hydrogen-bond donors (Lipinski definition) is 1. The summed E-state index contributed by atoms with van der Waals surface area (Å²) in [6.45, 7) is 2.05. The second kappa shape index (κ2) is 3.88. The van der Waals surface area contributed by atoms with Crippen molar-refractivity contribution in [1.29, 1.82) is 0 Å². The zero-order chi connectivity index (χ0) is 9.97. The van der Waals surface area contributed by atoms with Gasteiger partial charge in [-0.15, -0.1) is 0 Å². The van der Waals surface area contributed by atoms with Crippen LogP contribution in [0.5, 0.6) is 0 Å². The molecule has 0 aromatic heterocycles. The predicted octanol–water partition coefficient (Wildman–Crippen LogP) is 2.56. The van der Waals surface area contributed by atoms with Gasteiger partial charge in [-0.05, 0) is 19.1 Å². The number of hydrogen-bond acceptors (Lipinski definition) is 3. The van der Waals surface area contributed by atoms with Crippen molar-refractivity contribution >= 4 is 22.6 Å². The standard InChI is InChI=1S/C11H11NOS/c1-8-2-4-9(5-3-8)12-10-6-11(13)14-7-10/h2-6,12H,7H2,1H3. The van der Waals surface area contributed by atoms with Gasteiger partial charge >= 0.3 is 0 Å². The van der Waals surface area contributed by atoms with Crippen molar-refractivity contribution in [3.8, 4) is 0 Å². The van der Waals surface area contributed by atoms with E-state index in [0.29, 0.717) is 0 Å². The molecule has 1 N–H and O–H groups in total. The highest BCUT2D eigenvalue weighted by Crippen LogP contribution is 2.21. The first-order chi connectivity index (χ1) is 6.74. The van der Waals surface area contributed by atoms with E-state index in [-0.39, 0.29) is 5.12 Å². The molecule has 0 unspecified atom stereocenters. The number of carbonyl (C=O) groups excluding carboxylic acids is 1. The van der Waals surface area contributed by atoms with Gasteiger partial charge in [0.2, 0.25) is 5.12 Å². The molecule has 0 radical (unpaired) electrons. The van der Waals surface area contributed by atoms with Crippen LogP contribution in [0.3, 0.4) is 0 Å². The molecule has 3 heteroatoms. The van der Waals surface area contributed by atoms with Gasteiger partial charge in [-0.25, -0.2) is 0 Å². The molecule has 0 fully saturated rings. The number of aryl methyl sites for hydroxylation is 1. The van der Waals surface area contributed by atoms with Crippen LogP contribution in [0.2, 0.25) is 0 Å². The van der Waals surface area contributed by atoms with Crippen molar-refractivity contribution < 1.29 is 4.79 Å². The van der Waals surface area contributed by atoms with E-state index in [1.165, 1.54) is 17.3 Å². The number of benzene rings is 1. The molecule has 1 aliphatic heterocycles. The third-order valence-electron chi connectivity index (χ3n) is 2.02. The molecule has 1 aromatic rings. The van der Waals surface area contributed by atoms with Gasteiger partial charge in [-0.1, -0.05) is 29.5 Å². The summed E-state index contributed by atoms with van der Waals surface area (Å²) in [5.74, 6) is 0.757. The summed E-state index contributed by atoms with van der Waals surface area (Å²) in [5.41, 5.74) is 3.27. The second-order valence-corrected chi connectivity index (χ2v) is 4.25. The molecule has 72 valence electrons. The van der Waals surface area contributed by atoms with Gasteiger partial charge in [0, 0.05) is 23.2 Å². The molecule has 0 spiro atoms. The van der Waals surface area contributed by atoms with Gasteiger partial charge in [0.05, 0.1) is 0 Å². The molecule has 0 aliphatic carbocycles. The lowest BCUT2D eigenvalue weighted by Crippen LogP contribution is -1.98. The van der Waals surface area contributed by atoms with Gasteiger partial charge in [0.15, 0.2) is 0 Å². The number of nitrogens with one attached hydrogen (secondary N) is 1. The van der Waals surface area contributed by atoms with E-state index in [9.17, 15) is 4.79 Å². The number of thioether (sulfide) groups is 1. The Bertz CT molecular complexity index is 381. The topological polar surface area (TPSA) is 29.1 Å². The molecule has 2 rings (SSSR count). The Morgan fingerprint density at radius 2 is 2.00 bits per heavy atom.